The molecule has 0 aliphatic carbocycles. The van der Waals surface area contributed by atoms with Gasteiger partial charge in [0, 0.05) is 19.8 Å². The first-order valence-electron chi connectivity index (χ1n) is 6.04. The van der Waals surface area contributed by atoms with Gasteiger partial charge in [-0.1, -0.05) is 12.2 Å². The number of Topliss-reactive ketones (excluding diaryl/α,β-unsaturated/α-hetero) is 1. The molecule has 0 amide bonds. The monoisotopic (exact) mass is 238 g/mol. The van der Waals surface area contributed by atoms with Crippen LogP contribution in [-0.2, 0) is 19.1 Å². The molecule has 1 saturated heterocycles. The van der Waals surface area contributed by atoms with Crippen LogP contribution in [-0.4, -0.2) is 29.6 Å². The van der Waals surface area contributed by atoms with Gasteiger partial charge in [0.2, 0.25) is 0 Å². The van der Waals surface area contributed by atoms with E-state index in [0.717, 1.165) is 0 Å². The Kier molecular flexibility index (Phi) is 3.33. The van der Waals surface area contributed by atoms with Crippen molar-refractivity contribution < 1.29 is 19.1 Å². The van der Waals surface area contributed by atoms with E-state index in [9.17, 15) is 9.59 Å². The highest BCUT2D eigenvalue weighted by Crippen LogP contribution is 2.33. The first-order valence-corrected chi connectivity index (χ1v) is 6.04. The number of carbonyl (C=O) groups is 2. The van der Waals surface area contributed by atoms with E-state index in [4.69, 9.17) is 9.47 Å². The molecule has 0 radical (unpaired) electrons. The topological polar surface area (TPSA) is 52.6 Å². The van der Waals surface area contributed by atoms with Gasteiger partial charge in [-0.2, -0.15) is 0 Å². The van der Waals surface area contributed by atoms with Crippen LogP contribution < -0.4 is 0 Å². The van der Waals surface area contributed by atoms with Gasteiger partial charge in [-0.3, -0.25) is 9.59 Å². The molecule has 0 unspecified atom stereocenters. The summed E-state index contributed by atoms with van der Waals surface area (Å²) in [5.74, 6) is -0.156. The molecule has 0 aromatic carbocycles. The van der Waals surface area contributed by atoms with Gasteiger partial charge in [-0.25, -0.2) is 0 Å². The molecular formula is C13H18O4. The third-order valence-corrected chi connectivity index (χ3v) is 3.44. The fourth-order valence-corrected chi connectivity index (χ4v) is 2.52. The second-order valence-corrected chi connectivity index (χ2v) is 4.94. The van der Waals surface area contributed by atoms with E-state index in [-0.39, 0.29) is 24.0 Å². The van der Waals surface area contributed by atoms with E-state index < -0.39 is 5.60 Å². The number of fused-ring (bicyclic) bond motifs is 2. The third-order valence-electron chi connectivity index (χ3n) is 3.44. The zero-order valence-electron chi connectivity index (χ0n) is 10.3. The highest BCUT2D eigenvalue weighted by atomic mass is 16.6. The fourth-order valence-electron chi connectivity index (χ4n) is 2.52. The normalized spacial score (nSPS) is 39.1. The van der Waals surface area contributed by atoms with Crippen LogP contribution in [0.4, 0.5) is 0 Å². The van der Waals surface area contributed by atoms with Gasteiger partial charge in [-0.05, 0) is 19.8 Å². The van der Waals surface area contributed by atoms with Crippen molar-refractivity contribution in [2.24, 2.45) is 0 Å². The molecule has 0 aromatic rings. The smallest absolute Gasteiger partial charge is 0.303 e. The molecule has 0 spiro atoms. The van der Waals surface area contributed by atoms with Gasteiger partial charge in [0.05, 0.1) is 6.10 Å². The molecular weight excluding hydrogens is 220 g/mol. The molecule has 2 aliphatic rings. The SMILES string of the molecule is CC(=O)O[C@@]1(C)C/C=C\C[C@H]2O[C@@H]1CCC2=O. The van der Waals surface area contributed by atoms with E-state index >= 15 is 0 Å². The number of ketones is 1. The molecule has 1 fully saturated rings. The van der Waals surface area contributed by atoms with E-state index in [1.54, 1.807) is 0 Å². The van der Waals surface area contributed by atoms with Crippen molar-refractivity contribution in [3.63, 3.8) is 0 Å². The number of hydrogen-bond donors (Lipinski definition) is 0. The summed E-state index contributed by atoms with van der Waals surface area (Å²) in [5.41, 5.74) is -0.651. The molecule has 2 rings (SSSR count). The Hall–Kier alpha value is -1.16. The van der Waals surface area contributed by atoms with Crippen molar-refractivity contribution in [2.75, 3.05) is 0 Å². The lowest BCUT2D eigenvalue weighted by Crippen LogP contribution is -2.50. The zero-order valence-corrected chi connectivity index (χ0v) is 10.3. The number of esters is 1. The van der Waals surface area contributed by atoms with Crippen molar-refractivity contribution in [1.29, 1.82) is 0 Å². The molecule has 0 N–H and O–H groups in total. The summed E-state index contributed by atoms with van der Waals surface area (Å²) < 4.78 is 11.2. The summed E-state index contributed by atoms with van der Waals surface area (Å²) in [6.07, 6.45) is 5.78. The largest absolute Gasteiger partial charge is 0.456 e. The summed E-state index contributed by atoms with van der Waals surface area (Å²) in [6.45, 7) is 3.28. The number of ether oxygens (including phenoxy) is 2. The summed E-state index contributed by atoms with van der Waals surface area (Å²) >= 11 is 0. The van der Waals surface area contributed by atoms with Crippen LogP contribution in [0.15, 0.2) is 12.2 Å². The maximum atomic E-state index is 11.6. The number of hydrogen-bond acceptors (Lipinski definition) is 4. The van der Waals surface area contributed by atoms with E-state index in [1.165, 1.54) is 6.92 Å². The van der Waals surface area contributed by atoms with Gasteiger partial charge in [0.25, 0.3) is 0 Å². The van der Waals surface area contributed by atoms with Crippen LogP contribution in [0.5, 0.6) is 0 Å². The minimum atomic E-state index is -0.651. The minimum Gasteiger partial charge on any atom is -0.456 e. The zero-order chi connectivity index (χ0) is 12.5. The highest BCUT2D eigenvalue weighted by molar-refractivity contribution is 5.84. The van der Waals surface area contributed by atoms with Gasteiger partial charge < -0.3 is 9.47 Å². The lowest BCUT2D eigenvalue weighted by Gasteiger charge is -2.41. The molecule has 2 aliphatic heterocycles. The first-order chi connectivity index (χ1) is 8.01. The average molecular weight is 238 g/mol. The second-order valence-electron chi connectivity index (χ2n) is 4.94. The second kappa shape index (κ2) is 4.61. The Balaban J connectivity index is 2.22. The molecule has 2 heterocycles. The molecule has 0 saturated carbocycles. The van der Waals surface area contributed by atoms with E-state index in [0.29, 0.717) is 25.7 Å². The molecule has 17 heavy (non-hydrogen) atoms. The summed E-state index contributed by atoms with van der Waals surface area (Å²) in [5, 5.41) is 0. The molecule has 3 atom stereocenters. The van der Waals surface area contributed by atoms with Crippen molar-refractivity contribution in [2.45, 2.75) is 57.3 Å². The minimum absolute atomic E-state index is 0.151. The number of rotatable bonds is 1. The molecule has 4 heteroatoms. The van der Waals surface area contributed by atoms with Crippen molar-refractivity contribution in [1.82, 2.24) is 0 Å². The lowest BCUT2D eigenvalue weighted by molar-refractivity contribution is -0.189. The van der Waals surface area contributed by atoms with Gasteiger partial charge >= 0.3 is 5.97 Å². The Labute approximate surface area is 101 Å². The summed E-state index contributed by atoms with van der Waals surface area (Å²) in [7, 11) is 0. The van der Waals surface area contributed by atoms with Crippen molar-refractivity contribution in [3.8, 4) is 0 Å². The standard InChI is InChI=1S/C13H18O4/c1-9(14)17-13(2)8-4-3-5-11-10(15)6-7-12(13)16-11/h3-4,11-12H,5-8H2,1-2H3/b4-3-/t11-,12-,13+/m1/s1. The van der Waals surface area contributed by atoms with Gasteiger partial charge in [0.15, 0.2) is 5.78 Å². The number of carbonyl (C=O) groups excluding carboxylic acids is 2. The van der Waals surface area contributed by atoms with Crippen LogP contribution in [0.1, 0.15) is 39.5 Å². The predicted octanol–water partition coefficient (Wildman–Crippen LogP) is 1.77. The average Bonchev–Trinajstić information content (AvgIpc) is 2.23. The van der Waals surface area contributed by atoms with Crippen LogP contribution in [0.25, 0.3) is 0 Å². The maximum Gasteiger partial charge on any atom is 0.303 e. The highest BCUT2D eigenvalue weighted by Gasteiger charge is 2.43. The fraction of sp³-hybridized carbons (Fsp3) is 0.692. The lowest BCUT2D eigenvalue weighted by atomic mass is 9.85. The van der Waals surface area contributed by atoms with Crippen LogP contribution in [0.2, 0.25) is 0 Å². The summed E-state index contributed by atoms with van der Waals surface area (Å²) in [4.78, 5) is 22.8. The molecule has 0 aromatic heterocycles. The molecule has 2 bridgehead atoms. The Bertz CT molecular complexity index is 360. The Morgan fingerprint density at radius 3 is 3.00 bits per heavy atom. The van der Waals surface area contributed by atoms with Crippen LogP contribution in [0.3, 0.4) is 0 Å². The van der Waals surface area contributed by atoms with Gasteiger partial charge in [-0.15, -0.1) is 0 Å². The van der Waals surface area contributed by atoms with Crippen LogP contribution >= 0.6 is 0 Å². The van der Waals surface area contributed by atoms with E-state index in [1.807, 2.05) is 19.1 Å². The predicted molar refractivity (Wildman–Crippen MR) is 61.4 cm³/mol. The molecule has 94 valence electrons. The Morgan fingerprint density at radius 2 is 2.29 bits per heavy atom. The van der Waals surface area contributed by atoms with Crippen molar-refractivity contribution >= 4 is 11.8 Å². The first kappa shape index (κ1) is 12.3. The molecule has 4 nitrogen and oxygen atoms in total. The Morgan fingerprint density at radius 1 is 1.53 bits per heavy atom. The third kappa shape index (κ3) is 2.57. The van der Waals surface area contributed by atoms with Crippen LogP contribution in [0, 0.1) is 0 Å². The summed E-state index contributed by atoms with van der Waals surface area (Å²) in [6, 6.07) is 0. The van der Waals surface area contributed by atoms with E-state index in [2.05, 4.69) is 0 Å². The van der Waals surface area contributed by atoms with Crippen molar-refractivity contribution in [3.05, 3.63) is 12.2 Å². The quantitative estimate of drug-likeness (QED) is 0.516. The van der Waals surface area contributed by atoms with Gasteiger partial charge in [0.1, 0.15) is 11.7 Å². The maximum absolute atomic E-state index is 11.6.